The molecule has 9 heteroatoms. The molecular formula is C11H25NO7P+. The number of ether oxygens (including phenoxy) is 1. The molecule has 3 N–H and O–H groups in total. The second-order valence-corrected chi connectivity index (χ2v) is 6.22. The summed E-state index contributed by atoms with van der Waals surface area (Å²) in [5.41, 5.74) is 0.350. The molecule has 8 nitrogen and oxygen atoms in total. The number of hydrogen-bond acceptors (Lipinski definition) is 5. The van der Waals surface area contributed by atoms with Crippen molar-refractivity contribution in [3.63, 3.8) is 0 Å². The van der Waals surface area contributed by atoms with E-state index in [1.54, 1.807) is 6.92 Å². The summed E-state index contributed by atoms with van der Waals surface area (Å²) in [5, 5.41) is 8.19. The van der Waals surface area contributed by atoms with Crippen molar-refractivity contribution in [2.45, 2.75) is 6.92 Å². The molecule has 0 saturated carbocycles. The summed E-state index contributed by atoms with van der Waals surface area (Å²) in [7, 11) is 1.50. The number of phosphoric ester groups is 1. The Bertz CT molecular complexity index is 345. The molecule has 0 rings (SSSR count). The highest BCUT2D eigenvalue weighted by molar-refractivity contribution is 7.46. The first-order chi connectivity index (χ1) is 8.89. The molecule has 0 radical (unpaired) electrons. The molecule has 0 atom stereocenters. The first-order valence-corrected chi connectivity index (χ1v) is 7.36. The lowest BCUT2D eigenvalue weighted by molar-refractivity contribution is -0.870. The van der Waals surface area contributed by atoms with Gasteiger partial charge in [0.1, 0.15) is 19.8 Å². The Morgan fingerprint density at radius 1 is 1.25 bits per heavy atom. The van der Waals surface area contributed by atoms with Crippen LogP contribution in [0, 0.1) is 0 Å². The number of rotatable bonds is 7. The molecule has 0 spiro atoms. The van der Waals surface area contributed by atoms with Crippen molar-refractivity contribution >= 4 is 13.8 Å². The maximum Gasteiger partial charge on any atom is 0.469 e. The molecule has 0 aliphatic heterocycles. The van der Waals surface area contributed by atoms with Crippen LogP contribution in [-0.2, 0) is 18.6 Å². The average Bonchev–Trinajstić information content (AvgIpc) is 2.22. The number of esters is 1. The van der Waals surface area contributed by atoms with Gasteiger partial charge in [0.2, 0.25) is 0 Å². The van der Waals surface area contributed by atoms with Gasteiger partial charge in [-0.1, -0.05) is 6.58 Å². The Hall–Kier alpha value is -0.760. The predicted molar refractivity (Wildman–Crippen MR) is 73.8 cm³/mol. The van der Waals surface area contributed by atoms with Gasteiger partial charge in [0.15, 0.2) is 0 Å². The Balaban J connectivity index is 0. The summed E-state index contributed by atoms with van der Waals surface area (Å²) < 4.78 is 19.5. The third-order valence-electron chi connectivity index (χ3n) is 1.69. The molecule has 0 fully saturated rings. The zero-order valence-corrected chi connectivity index (χ0v) is 13.3. The fourth-order valence-corrected chi connectivity index (χ4v) is 1.01. The van der Waals surface area contributed by atoms with Crippen LogP contribution < -0.4 is 0 Å². The minimum atomic E-state index is -4.26. The summed E-state index contributed by atoms with van der Waals surface area (Å²) in [5.74, 6) is -0.455. The Labute approximate surface area is 119 Å². The van der Waals surface area contributed by atoms with Gasteiger partial charge in [-0.3, -0.25) is 4.52 Å². The average molecular weight is 314 g/mol. The van der Waals surface area contributed by atoms with Gasteiger partial charge in [0.05, 0.1) is 27.7 Å². The van der Waals surface area contributed by atoms with E-state index in [9.17, 15) is 9.36 Å². The van der Waals surface area contributed by atoms with Crippen LogP contribution in [0.15, 0.2) is 12.2 Å². The molecule has 20 heavy (non-hydrogen) atoms. The van der Waals surface area contributed by atoms with Crippen molar-refractivity contribution in [3.05, 3.63) is 12.2 Å². The monoisotopic (exact) mass is 314 g/mol. The third-order valence-corrected chi connectivity index (χ3v) is 2.21. The Morgan fingerprint density at radius 2 is 1.75 bits per heavy atom. The standard InChI is InChI=1S/C6H10O3.C5H14NO4P/c1-5(2)6(8)9-4-3-7;1-6(2,3)4-5-10-11(7,8)9/h7H,1,3-4H2,2H3;4-5H2,1-3H3,(H-,7,8,9)/p+1. The van der Waals surface area contributed by atoms with Crippen molar-refractivity contribution in [2.24, 2.45) is 0 Å². The van der Waals surface area contributed by atoms with Crippen molar-refractivity contribution in [1.29, 1.82) is 0 Å². The topological polar surface area (TPSA) is 113 Å². The number of quaternary nitrogens is 1. The SMILES string of the molecule is C=C(C)C(=O)OCCO.C[N+](C)(C)CCOP(=O)(O)O. The summed E-state index contributed by atoms with van der Waals surface area (Å²) in [4.78, 5) is 27.1. The Kier molecular flexibility index (Phi) is 10.8. The fourth-order valence-electron chi connectivity index (χ4n) is 0.695. The van der Waals surface area contributed by atoms with Gasteiger partial charge < -0.3 is 24.1 Å². The molecule has 0 aromatic rings. The minimum Gasteiger partial charge on any atom is -0.460 e. The van der Waals surface area contributed by atoms with Gasteiger partial charge in [0, 0.05) is 5.57 Å². The van der Waals surface area contributed by atoms with Crippen LogP contribution >= 0.6 is 7.82 Å². The zero-order valence-electron chi connectivity index (χ0n) is 12.4. The van der Waals surface area contributed by atoms with Crippen LogP contribution in [0.3, 0.4) is 0 Å². The number of aliphatic hydroxyl groups is 1. The lowest BCUT2D eigenvalue weighted by atomic mass is 10.4. The summed E-state index contributed by atoms with van der Waals surface area (Å²) in [6.07, 6.45) is 0. The van der Waals surface area contributed by atoms with Crippen molar-refractivity contribution in [3.8, 4) is 0 Å². The molecule has 0 heterocycles. The van der Waals surface area contributed by atoms with Crippen LogP contribution in [0.2, 0.25) is 0 Å². The van der Waals surface area contributed by atoms with Crippen LogP contribution in [0.5, 0.6) is 0 Å². The maximum atomic E-state index is 10.5. The fraction of sp³-hybridized carbons (Fsp3) is 0.727. The molecule has 0 aromatic carbocycles. The number of carbonyl (C=O) groups is 1. The maximum absolute atomic E-state index is 10.5. The van der Waals surface area contributed by atoms with E-state index in [1.165, 1.54) is 0 Å². The Morgan fingerprint density at radius 3 is 2.05 bits per heavy atom. The van der Waals surface area contributed by atoms with Crippen molar-refractivity contribution < 1.29 is 38.0 Å². The largest absolute Gasteiger partial charge is 0.469 e. The smallest absolute Gasteiger partial charge is 0.460 e. The molecule has 0 amide bonds. The third kappa shape index (κ3) is 19.6. The number of likely N-dealkylation sites (N-methyl/N-ethyl adjacent to an activating group) is 1. The number of carbonyl (C=O) groups excluding carboxylic acids is 1. The molecule has 0 bridgehead atoms. The first-order valence-electron chi connectivity index (χ1n) is 5.83. The number of aliphatic hydroxyl groups excluding tert-OH is 1. The summed E-state index contributed by atoms with van der Waals surface area (Å²) in [6, 6.07) is 0. The van der Waals surface area contributed by atoms with E-state index in [0.29, 0.717) is 16.6 Å². The number of hydrogen-bond donors (Lipinski definition) is 3. The van der Waals surface area contributed by atoms with E-state index in [0.717, 1.165) is 0 Å². The van der Waals surface area contributed by atoms with Crippen LogP contribution in [0.4, 0.5) is 0 Å². The summed E-state index contributed by atoms with van der Waals surface area (Å²) in [6.45, 7) is 5.47. The molecule has 120 valence electrons. The predicted octanol–water partition coefficient (Wildman–Crippen LogP) is -0.100. The lowest BCUT2D eigenvalue weighted by Crippen LogP contribution is -2.37. The minimum absolute atomic E-state index is 0.0473. The quantitative estimate of drug-likeness (QED) is 0.260. The van der Waals surface area contributed by atoms with Crippen molar-refractivity contribution in [1.82, 2.24) is 0 Å². The highest BCUT2D eigenvalue weighted by Crippen LogP contribution is 2.35. The zero-order chi connectivity index (χ0) is 16.4. The van der Waals surface area contributed by atoms with E-state index in [1.807, 2.05) is 21.1 Å². The normalized spacial score (nSPS) is 11.3. The van der Waals surface area contributed by atoms with Crippen LogP contribution in [0.1, 0.15) is 6.92 Å². The summed E-state index contributed by atoms with van der Waals surface area (Å²) >= 11 is 0. The van der Waals surface area contributed by atoms with Gasteiger partial charge in [-0.25, -0.2) is 9.36 Å². The second kappa shape index (κ2) is 10.0. The highest BCUT2D eigenvalue weighted by Gasteiger charge is 2.15. The van der Waals surface area contributed by atoms with E-state index < -0.39 is 13.8 Å². The van der Waals surface area contributed by atoms with E-state index >= 15 is 0 Å². The molecule has 0 unspecified atom stereocenters. The van der Waals surface area contributed by atoms with E-state index in [-0.39, 0.29) is 19.8 Å². The van der Waals surface area contributed by atoms with E-state index in [4.69, 9.17) is 14.9 Å². The van der Waals surface area contributed by atoms with Crippen LogP contribution in [-0.4, -0.2) is 72.9 Å². The van der Waals surface area contributed by atoms with Crippen molar-refractivity contribution in [2.75, 3.05) is 47.5 Å². The molecule has 0 aliphatic rings. The molecule has 0 saturated heterocycles. The second-order valence-electron chi connectivity index (χ2n) is 4.98. The molecule has 0 aromatic heterocycles. The van der Waals surface area contributed by atoms with Gasteiger partial charge in [-0.05, 0) is 6.92 Å². The van der Waals surface area contributed by atoms with E-state index in [2.05, 4.69) is 15.8 Å². The van der Waals surface area contributed by atoms with Crippen LogP contribution in [0.25, 0.3) is 0 Å². The number of phosphoric acid groups is 1. The lowest BCUT2D eigenvalue weighted by Gasteiger charge is -2.23. The highest BCUT2D eigenvalue weighted by atomic mass is 31.2. The van der Waals surface area contributed by atoms with Gasteiger partial charge in [0.25, 0.3) is 0 Å². The number of nitrogens with zero attached hydrogens (tertiary/aromatic N) is 1. The van der Waals surface area contributed by atoms with Gasteiger partial charge in [-0.15, -0.1) is 0 Å². The van der Waals surface area contributed by atoms with Gasteiger partial charge >= 0.3 is 13.8 Å². The molecule has 0 aliphatic carbocycles. The molecular weight excluding hydrogens is 289 g/mol. The van der Waals surface area contributed by atoms with Gasteiger partial charge in [-0.2, -0.15) is 0 Å². The first kappa shape index (κ1) is 21.5.